The van der Waals surface area contributed by atoms with Crippen molar-refractivity contribution in [2.45, 2.75) is 6.42 Å². The maximum atomic E-state index is 11.3. The Labute approximate surface area is 94.6 Å². The molecule has 1 aromatic carbocycles. The monoisotopic (exact) mass is 215 g/mol. The smallest absolute Gasteiger partial charge is 0.319 e. The summed E-state index contributed by atoms with van der Waals surface area (Å²) in [6.07, 6.45) is 2.47. The highest BCUT2D eigenvalue weighted by molar-refractivity contribution is 5.89. The lowest BCUT2D eigenvalue weighted by Gasteiger charge is -2.06. The number of urea groups is 1. The van der Waals surface area contributed by atoms with Crippen molar-refractivity contribution >= 4 is 11.7 Å². The number of nitrogens with one attached hydrogen (secondary N) is 2. The highest BCUT2D eigenvalue weighted by Gasteiger charge is 1.99. The molecular formula is C12H13N3O. The van der Waals surface area contributed by atoms with Gasteiger partial charge in [-0.1, -0.05) is 6.08 Å². The molecule has 16 heavy (non-hydrogen) atoms. The molecule has 0 aliphatic rings. The predicted molar refractivity (Wildman–Crippen MR) is 63.0 cm³/mol. The van der Waals surface area contributed by atoms with E-state index in [1.54, 1.807) is 30.3 Å². The summed E-state index contributed by atoms with van der Waals surface area (Å²) in [7, 11) is 0. The van der Waals surface area contributed by atoms with Crippen LogP contribution >= 0.6 is 0 Å². The molecule has 1 rings (SSSR count). The number of hydrogen-bond donors (Lipinski definition) is 2. The van der Waals surface area contributed by atoms with E-state index < -0.39 is 0 Å². The number of carbonyl (C=O) groups is 1. The molecule has 0 radical (unpaired) electrons. The van der Waals surface area contributed by atoms with Gasteiger partial charge >= 0.3 is 6.03 Å². The first-order valence-corrected chi connectivity index (χ1v) is 4.92. The van der Waals surface area contributed by atoms with Gasteiger partial charge < -0.3 is 10.6 Å². The fourth-order valence-corrected chi connectivity index (χ4v) is 1.09. The fourth-order valence-electron chi connectivity index (χ4n) is 1.09. The number of carbonyl (C=O) groups excluding carboxylic acids is 1. The molecule has 0 saturated heterocycles. The maximum Gasteiger partial charge on any atom is 0.319 e. The summed E-state index contributed by atoms with van der Waals surface area (Å²) in [6.45, 7) is 4.12. The van der Waals surface area contributed by atoms with Gasteiger partial charge in [-0.25, -0.2) is 4.79 Å². The van der Waals surface area contributed by atoms with Gasteiger partial charge in [0.25, 0.3) is 0 Å². The van der Waals surface area contributed by atoms with Crippen LogP contribution in [-0.4, -0.2) is 12.6 Å². The van der Waals surface area contributed by atoms with E-state index in [-0.39, 0.29) is 6.03 Å². The third-order valence-corrected chi connectivity index (χ3v) is 1.91. The molecular weight excluding hydrogens is 202 g/mol. The van der Waals surface area contributed by atoms with Crippen molar-refractivity contribution in [2.75, 3.05) is 11.9 Å². The van der Waals surface area contributed by atoms with Crippen LogP contribution < -0.4 is 10.6 Å². The highest BCUT2D eigenvalue weighted by atomic mass is 16.2. The highest BCUT2D eigenvalue weighted by Crippen LogP contribution is 2.08. The lowest BCUT2D eigenvalue weighted by atomic mass is 10.2. The Morgan fingerprint density at radius 3 is 2.69 bits per heavy atom. The van der Waals surface area contributed by atoms with Gasteiger partial charge in [-0.15, -0.1) is 6.58 Å². The van der Waals surface area contributed by atoms with Gasteiger partial charge in [0.15, 0.2) is 0 Å². The van der Waals surface area contributed by atoms with Crippen LogP contribution in [0.25, 0.3) is 0 Å². The number of nitriles is 1. The van der Waals surface area contributed by atoms with Crippen molar-refractivity contribution in [3.63, 3.8) is 0 Å². The number of amides is 2. The summed E-state index contributed by atoms with van der Waals surface area (Å²) in [5.74, 6) is 0. The molecule has 0 heterocycles. The van der Waals surface area contributed by atoms with Crippen molar-refractivity contribution < 1.29 is 4.79 Å². The molecule has 4 heteroatoms. The molecule has 0 fully saturated rings. The summed E-state index contributed by atoms with van der Waals surface area (Å²) in [5, 5.41) is 13.9. The second kappa shape index (κ2) is 6.25. The maximum absolute atomic E-state index is 11.3. The van der Waals surface area contributed by atoms with E-state index in [0.717, 1.165) is 6.42 Å². The van der Waals surface area contributed by atoms with E-state index in [9.17, 15) is 4.79 Å². The number of rotatable bonds is 4. The quantitative estimate of drug-likeness (QED) is 0.597. The molecule has 4 nitrogen and oxygen atoms in total. The molecule has 2 amide bonds. The zero-order valence-electron chi connectivity index (χ0n) is 8.86. The molecule has 0 aliphatic heterocycles. The van der Waals surface area contributed by atoms with Crippen LogP contribution in [-0.2, 0) is 0 Å². The molecule has 1 aromatic rings. The molecule has 2 N–H and O–H groups in total. The first kappa shape index (κ1) is 11.8. The molecule has 82 valence electrons. The second-order valence-electron chi connectivity index (χ2n) is 3.15. The normalized spacial score (nSPS) is 8.94. The molecule has 0 saturated carbocycles. The van der Waals surface area contributed by atoms with Gasteiger partial charge in [0.2, 0.25) is 0 Å². The zero-order valence-corrected chi connectivity index (χ0v) is 8.86. The topological polar surface area (TPSA) is 64.9 Å². The molecule has 0 unspecified atom stereocenters. The van der Waals surface area contributed by atoms with Crippen LogP contribution in [0, 0.1) is 11.3 Å². The molecule has 0 spiro atoms. The Morgan fingerprint density at radius 1 is 1.44 bits per heavy atom. The van der Waals surface area contributed by atoms with Crippen LogP contribution in [0.15, 0.2) is 36.9 Å². The molecule has 0 bridgehead atoms. The Balaban J connectivity index is 2.44. The van der Waals surface area contributed by atoms with Crippen LogP contribution in [0.1, 0.15) is 12.0 Å². The zero-order chi connectivity index (χ0) is 11.8. The number of anilines is 1. The van der Waals surface area contributed by atoms with Gasteiger partial charge in [0.05, 0.1) is 11.6 Å². The fraction of sp³-hybridized carbons (Fsp3) is 0.167. The SMILES string of the molecule is C=CCCNC(=O)Nc1ccc(C#N)cc1. The third-order valence-electron chi connectivity index (χ3n) is 1.91. The minimum Gasteiger partial charge on any atom is -0.338 e. The first-order chi connectivity index (χ1) is 7.76. The minimum absolute atomic E-state index is 0.258. The largest absolute Gasteiger partial charge is 0.338 e. The first-order valence-electron chi connectivity index (χ1n) is 4.92. The molecule has 0 aromatic heterocycles. The standard InChI is InChI=1S/C12H13N3O/c1-2-3-8-14-12(16)15-11-6-4-10(9-13)5-7-11/h2,4-7H,1,3,8H2,(H2,14,15,16). The van der Waals surface area contributed by atoms with Crippen molar-refractivity contribution in [3.8, 4) is 6.07 Å². The predicted octanol–water partition coefficient (Wildman–Crippen LogP) is 2.26. The average Bonchev–Trinajstić information content (AvgIpc) is 2.30. The van der Waals surface area contributed by atoms with Gasteiger partial charge in [-0.3, -0.25) is 0 Å². The van der Waals surface area contributed by atoms with E-state index >= 15 is 0 Å². The van der Waals surface area contributed by atoms with Crippen molar-refractivity contribution in [3.05, 3.63) is 42.5 Å². The average molecular weight is 215 g/mol. The van der Waals surface area contributed by atoms with E-state index in [2.05, 4.69) is 17.2 Å². The van der Waals surface area contributed by atoms with Gasteiger partial charge in [-0.05, 0) is 30.7 Å². The molecule has 0 atom stereocenters. The summed E-state index contributed by atoms with van der Waals surface area (Å²) in [5.41, 5.74) is 1.23. The van der Waals surface area contributed by atoms with E-state index in [4.69, 9.17) is 5.26 Å². The summed E-state index contributed by atoms with van der Waals surface area (Å²) >= 11 is 0. The lowest BCUT2D eigenvalue weighted by molar-refractivity contribution is 0.252. The summed E-state index contributed by atoms with van der Waals surface area (Å²) < 4.78 is 0. The van der Waals surface area contributed by atoms with Crippen LogP contribution in [0.2, 0.25) is 0 Å². The number of hydrogen-bond acceptors (Lipinski definition) is 2. The van der Waals surface area contributed by atoms with Gasteiger partial charge in [0.1, 0.15) is 0 Å². The van der Waals surface area contributed by atoms with E-state index in [0.29, 0.717) is 17.8 Å². The van der Waals surface area contributed by atoms with Crippen LogP contribution in [0.3, 0.4) is 0 Å². The van der Waals surface area contributed by atoms with Crippen LogP contribution in [0.4, 0.5) is 10.5 Å². The van der Waals surface area contributed by atoms with E-state index in [1.807, 2.05) is 6.07 Å². The Hall–Kier alpha value is -2.28. The Bertz CT molecular complexity index is 403. The van der Waals surface area contributed by atoms with Gasteiger partial charge in [-0.2, -0.15) is 5.26 Å². The molecule has 0 aliphatic carbocycles. The Kier molecular flexibility index (Phi) is 4.61. The van der Waals surface area contributed by atoms with Crippen molar-refractivity contribution in [1.82, 2.24) is 5.32 Å². The van der Waals surface area contributed by atoms with E-state index in [1.165, 1.54) is 0 Å². The van der Waals surface area contributed by atoms with Gasteiger partial charge in [0, 0.05) is 12.2 Å². The lowest BCUT2D eigenvalue weighted by Crippen LogP contribution is -2.29. The number of nitrogens with zero attached hydrogens (tertiary/aromatic N) is 1. The summed E-state index contributed by atoms with van der Waals surface area (Å²) in [4.78, 5) is 11.3. The van der Waals surface area contributed by atoms with Crippen molar-refractivity contribution in [2.24, 2.45) is 0 Å². The third kappa shape index (κ3) is 3.84. The Morgan fingerprint density at radius 2 is 2.12 bits per heavy atom. The number of benzene rings is 1. The summed E-state index contributed by atoms with van der Waals surface area (Å²) in [6, 6.07) is 8.43. The van der Waals surface area contributed by atoms with Crippen molar-refractivity contribution in [1.29, 1.82) is 5.26 Å². The minimum atomic E-state index is -0.258. The van der Waals surface area contributed by atoms with Crippen LogP contribution in [0.5, 0.6) is 0 Å². The second-order valence-corrected chi connectivity index (χ2v) is 3.15.